The predicted molar refractivity (Wildman–Crippen MR) is 125 cm³/mol. The van der Waals surface area contributed by atoms with Crippen LogP contribution in [0.1, 0.15) is 27.2 Å². The standard InChI is InChI=1S/C26H23N5O2/c32-26-23-17-31(22-12-7-14-27-16-22)28-24(23)13-15-30(26)18-25(21-10-5-2-6-11-21)29-33-19-20-8-3-1-4-9-20/h1-12,14,16-17H,13,15,18-19H2. The monoisotopic (exact) mass is 437 g/mol. The summed E-state index contributed by atoms with van der Waals surface area (Å²) in [6.45, 7) is 1.29. The fourth-order valence-corrected chi connectivity index (χ4v) is 3.80. The Labute approximate surface area is 191 Å². The van der Waals surface area contributed by atoms with Crippen molar-refractivity contribution in [1.82, 2.24) is 19.7 Å². The molecule has 0 fully saturated rings. The van der Waals surface area contributed by atoms with E-state index < -0.39 is 0 Å². The molecule has 0 spiro atoms. The first kappa shape index (κ1) is 20.6. The second kappa shape index (κ2) is 9.48. The van der Waals surface area contributed by atoms with Crippen molar-refractivity contribution >= 4 is 11.6 Å². The van der Waals surface area contributed by atoms with E-state index in [1.165, 1.54) is 0 Å². The van der Waals surface area contributed by atoms with Gasteiger partial charge in [-0.15, -0.1) is 0 Å². The molecule has 7 nitrogen and oxygen atoms in total. The minimum Gasteiger partial charge on any atom is -0.391 e. The Morgan fingerprint density at radius 1 is 1.00 bits per heavy atom. The van der Waals surface area contributed by atoms with Gasteiger partial charge in [-0.2, -0.15) is 5.10 Å². The SMILES string of the molecule is O=C1c2cn(-c3cccnc3)nc2CCN1CC(=NOCc1ccccc1)c1ccccc1. The van der Waals surface area contributed by atoms with Gasteiger partial charge in [0, 0.05) is 30.9 Å². The molecule has 0 aliphatic carbocycles. The smallest absolute Gasteiger partial charge is 0.257 e. The van der Waals surface area contributed by atoms with Crippen LogP contribution in [0.5, 0.6) is 0 Å². The Kier molecular flexibility index (Phi) is 5.93. The van der Waals surface area contributed by atoms with E-state index in [1.807, 2.05) is 72.8 Å². The lowest BCUT2D eigenvalue weighted by Gasteiger charge is -2.26. The lowest BCUT2D eigenvalue weighted by molar-refractivity contribution is 0.0760. The summed E-state index contributed by atoms with van der Waals surface area (Å²) in [5, 5.41) is 9.02. The second-order valence-electron chi connectivity index (χ2n) is 7.79. The quantitative estimate of drug-likeness (QED) is 0.325. The van der Waals surface area contributed by atoms with Gasteiger partial charge in [-0.1, -0.05) is 65.8 Å². The number of fused-ring (bicyclic) bond motifs is 1. The van der Waals surface area contributed by atoms with Crippen molar-refractivity contribution in [2.24, 2.45) is 5.16 Å². The summed E-state index contributed by atoms with van der Waals surface area (Å²) in [4.78, 5) is 24.9. The number of carbonyl (C=O) groups is 1. The van der Waals surface area contributed by atoms with Crippen LogP contribution in [0.3, 0.4) is 0 Å². The van der Waals surface area contributed by atoms with Crippen molar-refractivity contribution in [2.75, 3.05) is 13.1 Å². The molecule has 1 aliphatic rings. The molecule has 0 atom stereocenters. The van der Waals surface area contributed by atoms with Crippen LogP contribution in [0.15, 0.2) is 96.5 Å². The van der Waals surface area contributed by atoms with Crippen LogP contribution in [0.2, 0.25) is 0 Å². The van der Waals surface area contributed by atoms with Gasteiger partial charge >= 0.3 is 0 Å². The van der Waals surface area contributed by atoms with Crippen LogP contribution in [0.25, 0.3) is 5.69 Å². The van der Waals surface area contributed by atoms with Gasteiger partial charge in [-0.3, -0.25) is 9.78 Å². The lowest BCUT2D eigenvalue weighted by atomic mass is 10.1. The van der Waals surface area contributed by atoms with E-state index in [0.717, 1.165) is 22.5 Å². The van der Waals surface area contributed by atoms with Crippen molar-refractivity contribution < 1.29 is 9.63 Å². The number of carbonyl (C=O) groups excluding carboxylic acids is 1. The Bertz CT molecular complexity index is 1250. The summed E-state index contributed by atoms with van der Waals surface area (Å²) in [6, 6.07) is 23.5. The maximum absolute atomic E-state index is 13.3. The van der Waals surface area contributed by atoms with Crippen LogP contribution in [-0.2, 0) is 17.9 Å². The summed E-state index contributed by atoms with van der Waals surface area (Å²) in [5.41, 5.74) is 4.92. The summed E-state index contributed by atoms with van der Waals surface area (Å²) >= 11 is 0. The third kappa shape index (κ3) is 4.67. The first-order valence-electron chi connectivity index (χ1n) is 10.8. The van der Waals surface area contributed by atoms with Gasteiger partial charge in [0.05, 0.1) is 29.7 Å². The molecular formula is C26H23N5O2. The highest BCUT2D eigenvalue weighted by atomic mass is 16.6. The largest absolute Gasteiger partial charge is 0.391 e. The van der Waals surface area contributed by atoms with E-state index in [4.69, 9.17) is 4.84 Å². The molecule has 3 heterocycles. The fraction of sp³-hybridized carbons (Fsp3) is 0.154. The van der Waals surface area contributed by atoms with Crippen molar-refractivity contribution in [2.45, 2.75) is 13.0 Å². The maximum atomic E-state index is 13.3. The number of hydrogen-bond donors (Lipinski definition) is 0. The zero-order valence-electron chi connectivity index (χ0n) is 18.0. The number of nitrogens with zero attached hydrogens (tertiary/aromatic N) is 5. The highest BCUT2D eigenvalue weighted by Crippen LogP contribution is 2.20. The van der Waals surface area contributed by atoms with Gasteiger partial charge in [0.2, 0.25) is 0 Å². The van der Waals surface area contributed by atoms with Gasteiger partial charge in [-0.05, 0) is 17.7 Å². The predicted octanol–water partition coefficient (Wildman–Crippen LogP) is 3.89. The molecule has 7 heteroatoms. The average Bonchev–Trinajstić information content (AvgIpc) is 3.32. The number of rotatable bonds is 7. The number of amides is 1. The fourth-order valence-electron chi connectivity index (χ4n) is 3.80. The first-order valence-corrected chi connectivity index (χ1v) is 10.8. The molecule has 5 rings (SSSR count). The van der Waals surface area contributed by atoms with Gasteiger partial charge in [0.1, 0.15) is 12.3 Å². The number of hydrogen-bond acceptors (Lipinski definition) is 5. The number of pyridine rings is 1. The van der Waals surface area contributed by atoms with Crippen LogP contribution < -0.4 is 0 Å². The summed E-state index contributed by atoms with van der Waals surface area (Å²) < 4.78 is 1.72. The van der Waals surface area contributed by atoms with Crippen molar-refractivity contribution in [3.05, 3.63) is 114 Å². The van der Waals surface area contributed by atoms with E-state index in [2.05, 4.69) is 15.2 Å². The first-order chi connectivity index (χ1) is 16.3. The van der Waals surface area contributed by atoms with Crippen molar-refractivity contribution in [1.29, 1.82) is 0 Å². The van der Waals surface area contributed by atoms with Crippen LogP contribution in [-0.4, -0.2) is 44.4 Å². The van der Waals surface area contributed by atoms with Crippen LogP contribution >= 0.6 is 0 Å². The molecule has 1 amide bonds. The molecule has 0 unspecified atom stereocenters. The Balaban J connectivity index is 1.35. The lowest BCUT2D eigenvalue weighted by Crippen LogP contribution is -2.40. The molecule has 33 heavy (non-hydrogen) atoms. The molecule has 0 saturated heterocycles. The summed E-state index contributed by atoms with van der Waals surface area (Å²) in [5.74, 6) is -0.0573. The number of benzene rings is 2. The van der Waals surface area contributed by atoms with Gasteiger partial charge in [0.25, 0.3) is 5.91 Å². The second-order valence-corrected chi connectivity index (χ2v) is 7.79. The molecule has 0 saturated carbocycles. The normalized spacial score (nSPS) is 13.6. The third-order valence-electron chi connectivity index (χ3n) is 5.53. The Morgan fingerprint density at radius 3 is 2.55 bits per heavy atom. The van der Waals surface area contributed by atoms with Crippen LogP contribution in [0.4, 0.5) is 0 Å². The van der Waals surface area contributed by atoms with Gasteiger partial charge in [-0.25, -0.2) is 4.68 Å². The minimum absolute atomic E-state index is 0.0573. The van der Waals surface area contributed by atoms with Gasteiger partial charge in [0.15, 0.2) is 0 Å². The highest BCUT2D eigenvalue weighted by molar-refractivity contribution is 6.05. The molecule has 164 valence electrons. The van der Waals surface area contributed by atoms with Crippen molar-refractivity contribution in [3.63, 3.8) is 0 Å². The molecule has 2 aromatic carbocycles. The molecule has 2 aromatic heterocycles. The van der Waals surface area contributed by atoms with Gasteiger partial charge < -0.3 is 9.74 Å². The van der Waals surface area contributed by atoms with E-state index in [0.29, 0.717) is 37.4 Å². The number of oxime groups is 1. The third-order valence-corrected chi connectivity index (χ3v) is 5.53. The Morgan fingerprint density at radius 2 is 1.79 bits per heavy atom. The number of aromatic nitrogens is 3. The Hall–Kier alpha value is -4.26. The molecule has 0 N–H and O–H groups in total. The topological polar surface area (TPSA) is 72.6 Å². The zero-order chi connectivity index (χ0) is 22.5. The van der Waals surface area contributed by atoms with Crippen molar-refractivity contribution in [3.8, 4) is 5.69 Å². The van der Waals surface area contributed by atoms with E-state index in [9.17, 15) is 4.79 Å². The molecule has 0 radical (unpaired) electrons. The summed E-state index contributed by atoms with van der Waals surface area (Å²) in [7, 11) is 0. The van der Waals surface area contributed by atoms with E-state index >= 15 is 0 Å². The molecule has 1 aliphatic heterocycles. The maximum Gasteiger partial charge on any atom is 0.257 e. The van der Waals surface area contributed by atoms with E-state index in [1.54, 1.807) is 28.2 Å². The average molecular weight is 438 g/mol. The zero-order valence-corrected chi connectivity index (χ0v) is 18.0. The molecule has 0 bridgehead atoms. The van der Waals surface area contributed by atoms with Crippen LogP contribution in [0, 0.1) is 0 Å². The molecular weight excluding hydrogens is 414 g/mol. The minimum atomic E-state index is -0.0573. The summed E-state index contributed by atoms with van der Waals surface area (Å²) in [6.07, 6.45) is 5.91. The molecule has 4 aromatic rings. The highest BCUT2D eigenvalue weighted by Gasteiger charge is 2.29. The van der Waals surface area contributed by atoms with E-state index in [-0.39, 0.29) is 5.91 Å².